The van der Waals surface area contributed by atoms with Crippen LogP contribution in [0.25, 0.3) is 22.2 Å². The zero-order valence-corrected chi connectivity index (χ0v) is 17.1. The summed E-state index contributed by atoms with van der Waals surface area (Å²) in [6.07, 6.45) is 0. The van der Waals surface area contributed by atoms with Crippen molar-refractivity contribution in [2.24, 2.45) is 0 Å². The Morgan fingerprint density at radius 3 is 1.80 bits per heavy atom. The minimum absolute atomic E-state index is 0.0142. The Hall–Kier alpha value is -3.65. The average Bonchev–Trinajstić information content (AvgIpc) is 2.70. The van der Waals surface area contributed by atoms with Crippen molar-refractivity contribution in [2.75, 3.05) is 4.72 Å². The first kappa shape index (κ1) is 19.7. The van der Waals surface area contributed by atoms with Gasteiger partial charge in [0.05, 0.1) is 15.9 Å². The smallest absolute Gasteiger partial charge is 0.314 e. The van der Waals surface area contributed by atoms with E-state index in [1.54, 1.807) is 19.1 Å². The molecule has 4 aromatic rings. The molecule has 0 unspecified atom stereocenters. The number of hydrogen-bond acceptors (Lipinski definition) is 4. The normalized spacial score (nSPS) is 11.5. The zero-order valence-electron chi connectivity index (χ0n) is 16.3. The number of hydrogen-bond donors (Lipinski definition) is 3. The molecule has 0 saturated heterocycles. The number of fused-ring (bicyclic) bond motifs is 1. The van der Waals surface area contributed by atoms with Crippen LogP contribution in [0.3, 0.4) is 0 Å². The number of aromatic nitrogens is 2. The van der Waals surface area contributed by atoms with Crippen LogP contribution in [0.1, 0.15) is 11.1 Å². The first-order valence-electron chi connectivity index (χ1n) is 9.20. The molecule has 7 nitrogen and oxygen atoms in total. The maximum atomic E-state index is 12.9. The van der Waals surface area contributed by atoms with Crippen molar-refractivity contribution in [1.29, 1.82) is 0 Å². The molecule has 0 atom stereocenters. The molecule has 1 heterocycles. The third-order valence-electron chi connectivity index (χ3n) is 4.83. The van der Waals surface area contributed by atoms with Gasteiger partial charge in [-0.3, -0.25) is 14.3 Å². The van der Waals surface area contributed by atoms with Gasteiger partial charge in [0.2, 0.25) is 0 Å². The van der Waals surface area contributed by atoms with Gasteiger partial charge in [-0.25, -0.2) is 8.42 Å². The Morgan fingerprint density at radius 1 is 0.733 bits per heavy atom. The van der Waals surface area contributed by atoms with E-state index >= 15 is 0 Å². The maximum Gasteiger partial charge on any atom is 0.314 e. The van der Waals surface area contributed by atoms with Gasteiger partial charge in [-0.15, -0.1) is 0 Å². The van der Waals surface area contributed by atoms with E-state index in [9.17, 15) is 18.0 Å². The van der Waals surface area contributed by atoms with Crippen LogP contribution >= 0.6 is 0 Å². The molecule has 3 N–H and O–H groups in total. The molecule has 0 fully saturated rings. The summed E-state index contributed by atoms with van der Waals surface area (Å²) >= 11 is 0. The van der Waals surface area contributed by atoms with Gasteiger partial charge in [0.1, 0.15) is 0 Å². The molecule has 4 rings (SSSR count). The Balaban J connectivity index is 1.66. The molecule has 0 aliphatic rings. The molecule has 0 bridgehead atoms. The van der Waals surface area contributed by atoms with Gasteiger partial charge in [0.25, 0.3) is 10.0 Å². The van der Waals surface area contributed by atoms with Gasteiger partial charge < -0.3 is 9.97 Å². The minimum Gasteiger partial charge on any atom is -0.316 e. The lowest BCUT2D eigenvalue weighted by Crippen LogP contribution is -2.29. The SMILES string of the molecule is Cc1ccc(-c2ccc(NS(=O)(=O)c3cc4[nH]c(=O)c(=O)[nH]c4cc3C)cc2)cc1. The highest BCUT2D eigenvalue weighted by atomic mass is 32.2. The average molecular weight is 421 g/mol. The number of sulfonamides is 1. The number of nitrogens with one attached hydrogen (secondary N) is 3. The molecule has 3 aromatic carbocycles. The molecule has 0 amide bonds. The van der Waals surface area contributed by atoms with E-state index in [1.165, 1.54) is 17.7 Å². The Morgan fingerprint density at radius 2 is 1.23 bits per heavy atom. The highest BCUT2D eigenvalue weighted by Crippen LogP contribution is 2.25. The fourth-order valence-corrected chi connectivity index (χ4v) is 4.54. The summed E-state index contributed by atoms with van der Waals surface area (Å²) in [4.78, 5) is 27.9. The number of anilines is 1. The van der Waals surface area contributed by atoms with E-state index in [0.717, 1.165) is 11.1 Å². The van der Waals surface area contributed by atoms with Crippen LogP contribution in [0, 0.1) is 13.8 Å². The van der Waals surface area contributed by atoms with E-state index in [4.69, 9.17) is 0 Å². The lowest BCUT2D eigenvalue weighted by molar-refractivity contribution is 0.600. The monoisotopic (exact) mass is 421 g/mol. The van der Waals surface area contributed by atoms with Crippen molar-refractivity contribution in [3.8, 4) is 11.1 Å². The summed E-state index contributed by atoms with van der Waals surface area (Å²) in [6.45, 7) is 3.64. The van der Waals surface area contributed by atoms with Crippen LogP contribution in [0.4, 0.5) is 5.69 Å². The molecule has 0 saturated carbocycles. The second-order valence-corrected chi connectivity index (χ2v) is 8.77. The van der Waals surface area contributed by atoms with Crippen LogP contribution in [-0.2, 0) is 10.0 Å². The summed E-state index contributed by atoms with van der Waals surface area (Å²) in [6, 6.07) is 18.0. The second-order valence-electron chi connectivity index (χ2n) is 7.12. The van der Waals surface area contributed by atoms with Gasteiger partial charge in [-0.2, -0.15) is 0 Å². The number of benzene rings is 3. The van der Waals surface area contributed by atoms with Gasteiger partial charge in [-0.1, -0.05) is 42.0 Å². The summed E-state index contributed by atoms with van der Waals surface area (Å²) in [5.41, 5.74) is 3.01. The fraction of sp³-hybridized carbons (Fsp3) is 0.0909. The Kier molecular flexibility index (Phi) is 4.79. The third kappa shape index (κ3) is 3.77. The van der Waals surface area contributed by atoms with E-state index in [2.05, 4.69) is 14.7 Å². The van der Waals surface area contributed by atoms with Gasteiger partial charge in [0, 0.05) is 5.69 Å². The third-order valence-corrected chi connectivity index (χ3v) is 6.35. The van der Waals surface area contributed by atoms with E-state index < -0.39 is 21.1 Å². The maximum absolute atomic E-state index is 12.9. The largest absolute Gasteiger partial charge is 0.316 e. The van der Waals surface area contributed by atoms with E-state index in [1.807, 2.05) is 43.3 Å². The van der Waals surface area contributed by atoms with E-state index in [-0.39, 0.29) is 10.4 Å². The van der Waals surface area contributed by atoms with Crippen molar-refractivity contribution < 1.29 is 8.42 Å². The summed E-state index contributed by atoms with van der Waals surface area (Å²) in [5, 5.41) is 0. The topological polar surface area (TPSA) is 112 Å². The first-order valence-corrected chi connectivity index (χ1v) is 10.7. The standard InChI is InChI=1S/C22H19N3O4S/c1-13-3-5-15(6-4-13)16-7-9-17(10-8-16)25-30(28,29)20-12-19-18(11-14(20)2)23-21(26)22(27)24-19/h3-12,25H,1-2H3,(H,23,26)(H,24,27). The molecule has 0 aliphatic carbocycles. The van der Waals surface area contributed by atoms with E-state index in [0.29, 0.717) is 16.8 Å². The molecule has 30 heavy (non-hydrogen) atoms. The molecule has 152 valence electrons. The highest BCUT2D eigenvalue weighted by molar-refractivity contribution is 7.92. The van der Waals surface area contributed by atoms with Gasteiger partial charge in [-0.05, 0) is 54.8 Å². The molecule has 0 aliphatic heterocycles. The lowest BCUT2D eigenvalue weighted by Gasteiger charge is -2.12. The lowest BCUT2D eigenvalue weighted by atomic mass is 10.0. The molecular formula is C22H19N3O4S. The van der Waals surface area contributed by atoms with Crippen molar-refractivity contribution in [2.45, 2.75) is 18.7 Å². The van der Waals surface area contributed by atoms with Crippen LogP contribution < -0.4 is 15.8 Å². The first-order chi connectivity index (χ1) is 14.2. The molecule has 1 aromatic heterocycles. The minimum atomic E-state index is -3.91. The highest BCUT2D eigenvalue weighted by Gasteiger charge is 2.18. The number of rotatable bonds is 4. The van der Waals surface area contributed by atoms with Crippen LogP contribution in [-0.4, -0.2) is 18.4 Å². The number of aromatic amines is 2. The second kappa shape index (κ2) is 7.31. The molecular weight excluding hydrogens is 402 g/mol. The van der Waals surface area contributed by atoms with Gasteiger partial charge in [0.15, 0.2) is 0 Å². The van der Waals surface area contributed by atoms with Crippen LogP contribution in [0.2, 0.25) is 0 Å². The molecule has 8 heteroatoms. The molecule has 0 spiro atoms. The van der Waals surface area contributed by atoms with Crippen LogP contribution in [0.15, 0.2) is 75.1 Å². The zero-order chi connectivity index (χ0) is 21.5. The number of aryl methyl sites for hydroxylation is 2. The van der Waals surface area contributed by atoms with Gasteiger partial charge >= 0.3 is 11.1 Å². The van der Waals surface area contributed by atoms with Crippen molar-refractivity contribution in [1.82, 2.24) is 9.97 Å². The Labute approximate surface area is 172 Å². The molecule has 0 radical (unpaired) electrons. The Bertz CT molecular complexity index is 1470. The summed E-state index contributed by atoms with van der Waals surface area (Å²) in [5.74, 6) is 0. The number of H-pyrrole nitrogens is 2. The van der Waals surface area contributed by atoms with Crippen LogP contribution in [0.5, 0.6) is 0 Å². The predicted octanol–water partition coefficient (Wildman–Crippen LogP) is 3.30. The predicted molar refractivity (Wildman–Crippen MR) is 117 cm³/mol. The summed E-state index contributed by atoms with van der Waals surface area (Å²) < 4.78 is 28.4. The van der Waals surface area contributed by atoms with Crippen molar-refractivity contribution >= 4 is 26.7 Å². The fourth-order valence-electron chi connectivity index (χ4n) is 3.23. The van der Waals surface area contributed by atoms with Crippen molar-refractivity contribution in [3.05, 3.63) is 92.5 Å². The quantitative estimate of drug-likeness (QED) is 0.439. The van der Waals surface area contributed by atoms with Crippen molar-refractivity contribution in [3.63, 3.8) is 0 Å². The summed E-state index contributed by atoms with van der Waals surface area (Å²) in [7, 11) is -3.91.